The molecule has 1 atom stereocenters. The minimum Gasteiger partial charge on any atom is -0.326 e. The Morgan fingerprint density at radius 1 is 1.60 bits per heavy atom. The van der Waals surface area contributed by atoms with E-state index in [1.807, 2.05) is 6.92 Å². The van der Waals surface area contributed by atoms with Crippen molar-refractivity contribution < 1.29 is 0 Å². The summed E-state index contributed by atoms with van der Waals surface area (Å²) in [7, 11) is 0. The summed E-state index contributed by atoms with van der Waals surface area (Å²) in [5.41, 5.74) is 8.10. The highest BCUT2D eigenvalue weighted by molar-refractivity contribution is 7.12. The third kappa shape index (κ3) is 2.03. The van der Waals surface area contributed by atoms with Crippen molar-refractivity contribution in [1.82, 2.24) is 4.98 Å². The van der Waals surface area contributed by atoms with E-state index in [9.17, 15) is 0 Å². The molecule has 1 aliphatic rings. The van der Waals surface area contributed by atoms with Gasteiger partial charge in [-0.3, -0.25) is 0 Å². The van der Waals surface area contributed by atoms with Crippen molar-refractivity contribution in [3.8, 4) is 0 Å². The van der Waals surface area contributed by atoms with Crippen molar-refractivity contribution in [1.29, 1.82) is 0 Å². The molecule has 0 saturated carbocycles. The molecule has 3 heteroatoms. The highest BCUT2D eigenvalue weighted by Crippen LogP contribution is 2.32. The molecule has 15 heavy (non-hydrogen) atoms. The summed E-state index contributed by atoms with van der Waals surface area (Å²) in [6.45, 7) is 4.88. The highest BCUT2D eigenvalue weighted by Gasteiger charge is 2.16. The van der Waals surface area contributed by atoms with Crippen molar-refractivity contribution >= 4 is 16.9 Å². The predicted octanol–water partition coefficient (Wildman–Crippen LogP) is 2.89. The zero-order chi connectivity index (χ0) is 10.8. The first kappa shape index (κ1) is 10.6. The lowest BCUT2D eigenvalue weighted by Crippen LogP contribution is -1.99. The molecule has 1 aliphatic carbocycles. The minimum atomic E-state index is 0.575. The van der Waals surface area contributed by atoms with Gasteiger partial charge in [-0.25, -0.2) is 4.98 Å². The van der Waals surface area contributed by atoms with Gasteiger partial charge in [0, 0.05) is 11.4 Å². The number of aryl methyl sites for hydroxylation is 1. The summed E-state index contributed by atoms with van der Waals surface area (Å²) in [6, 6.07) is 0. The molecule has 0 spiro atoms. The summed E-state index contributed by atoms with van der Waals surface area (Å²) < 4.78 is 0. The molecule has 1 aromatic heterocycles. The maximum Gasteiger partial charge on any atom is 0.120 e. The van der Waals surface area contributed by atoms with Crippen LogP contribution in [-0.2, 0) is 6.54 Å². The van der Waals surface area contributed by atoms with Crippen LogP contribution >= 0.6 is 11.3 Å². The molecule has 1 heterocycles. The molecule has 0 bridgehead atoms. The highest BCUT2D eigenvalue weighted by atomic mass is 32.1. The van der Waals surface area contributed by atoms with Crippen LogP contribution in [0.5, 0.6) is 0 Å². The topological polar surface area (TPSA) is 38.9 Å². The number of hydrogen-bond acceptors (Lipinski definition) is 3. The van der Waals surface area contributed by atoms with Crippen LogP contribution in [0, 0.1) is 12.8 Å². The van der Waals surface area contributed by atoms with Crippen LogP contribution in [0.2, 0.25) is 0 Å². The molecule has 0 radical (unpaired) electrons. The van der Waals surface area contributed by atoms with Crippen molar-refractivity contribution in [2.45, 2.75) is 26.8 Å². The number of nitrogens with two attached hydrogens (primary N) is 1. The van der Waals surface area contributed by atoms with Gasteiger partial charge in [0.15, 0.2) is 0 Å². The van der Waals surface area contributed by atoms with Gasteiger partial charge in [-0.15, -0.1) is 11.3 Å². The minimum absolute atomic E-state index is 0.575. The van der Waals surface area contributed by atoms with Gasteiger partial charge in [0.2, 0.25) is 0 Å². The second-order valence-electron chi connectivity index (χ2n) is 3.92. The number of thiazole rings is 1. The summed E-state index contributed by atoms with van der Waals surface area (Å²) in [5.74, 6) is 0.575. The molecule has 1 aromatic rings. The average Bonchev–Trinajstić information content (AvgIpc) is 2.60. The molecular formula is C12H16N2S. The fourth-order valence-corrected chi connectivity index (χ4v) is 2.85. The fourth-order valence-electron chi connectivity index (χ4n) is 1.77. The Hall–Kier alpha value is -0.930. The van der Waals surface area contributed by atoms with E-state index >= 15 is 0 Å². The largest absolute Gasteiger partial charge is 0.326 e. The molecular weight excluding hydrogens is 204 g/mol. The Labute approximate surface area is 94.5 Å². The van der Waals surface area contributed by atoms with Crippen LogP contribution in [0.3, 0.4) is 0 Å². The van der Waals surface area contributed by atoms with Gasteiger partial charge >= 0.3 is 0 Å². The smallest absolute Gasteiger partial charge is 0.120 e. The van der Waals surface area contributed by atoms with Gasteiger partial charge in [-0.05, 0) is 24.8 Å². The van der Waals surface area contributed by atoms with Crippen LogP contribution in [-0.4, -0.2) is 4.98 Å². The standard InChI is InChI=1S/C12H16N2S/c1-8-5-3-4-6-10(8)12-14-9(2)11(7-13)15-12/h3-4,6,8H,5,7,13H2,1-2H3. The summed E-state index contributed by atoms with van der Waals surface area (Å²) >= 11 is 1.73. The first-order valence-corrected chi connectivity index (χ1v) is 6.07. The summed E-state index contributed by atoms with van der Waals surface area (Å²) in [5, 5.41) is 1.14. The Morgan fingerprint density at radius 3 is 3.00 bits per heavy atom. The first-order chi connectivity index (χ1) is 7.22. The van der Waals surface area contributed by atoms with Crippen molar-refractivity contribution in [3.63, 3.8) is 0 Å². The Morgan fingerprint density at radius 2 is 2.40 bits per heavy atom. The molecule has 0 amide bonds. The number of hydrogen-bond donors (Lipinski definition) is 1. The van der Waals surface area contributed by atoms with Gasteiger partial charge in [-0.1, -0.05) is 25.2 Å². The molecule has 0 aliphatic heterocycles. The van der Waals surface area contributed by atoms with Gasteiger partial charge < -0.3 is 5.73 Å². The van der Waals surface area contributed by atoms with Crippen LogP contribution in [0.1, 0.15) is 28.9 Å². The molecule has 0 fully saturated rings. The molecule has 0 aromatic carbocycles. The second-order valence-corrected chi connectivity index (χ2v) is 5.00. The first-order valence-electron chi connectivity index (χ1n) is 5.26. The molecule has 2 rings (SSSR count). The van der Waals surface area contributed by atoms with Crippen LogP contribution in [0.15, 0.2) is 18.2 Å². The number of aromatic nitrogens is 1. The monoisotopic (exact) mass is 220 g/mol. The zero-order valence-corrected chi connectivity index (χ0v) is 9.97. The Balaban J connectivity index is 2.36. The number of allylic oxidation sites excluding steroid dienone is 4. The number of nitrogens with zero attached hydrogens (tertiary/aromatic N) is 1. The normalized spacial score (nSPS) is 20.5. The maximum atomic E-state index is 5.67. The maximum absolute atomic E-state index is 5.67. The van der Waals surface area contributed by atoms with Crippen molar-refractivity contribution in [2.75, 3.05) is 0 Å². The molecule has 0 saturated heterocycles. The average molecular weight is 220 g/mol. The third-order valence-electron chi connectivity index (χ3n) is 2.76. The van der Waals surface area contributed by atoms with E-state index < -0.39 is 0 Å². The van der Waals surface area contributed by atoms with Gasteiger partial charge in [-0.2, -0.15) is 0 Å². The van der Waals surface area contributed by atoms with Gasteiger partial charge in [0.1, 0.15) is 5.01 Å². The van der Waals surface area contributed by atoms with Crippen LogP contribution in [0.4, 0.5) is 0 Å². The molecule has 80 valence electrons. The lowest BCUT2D eigenvalue weighted by Gasteiger charge is -2.14. The van der Waals surface area contributed by atoms with Crippen molar-refractivity contribution in [2.24, 2.45) is 11.7 Å². The van der Waals surface area contributed by atoms with E-state index in [4.69, 9.17) is 5.73 Å². The third-order valence-corrected chi connectivity index (χ3v) is 3.99. The van der Waals surface area contributed by atoms with Gasteiger partial charge in [0.05, 0.1) is 5.69 Å². The van der Waals surface area contributed by atoms with E-state index in [0.29, 0.717) is 12.5 Å². The molecule has 2 N–H and O–H groups in total. The second kappa shape index (κ2) is 4.29. The fraction of sp³-hybridized carbons (Fsp3) is 0.417. The van der Waals surface area contributed by atoms with E-state index in [1.54, 1.807) is 11.3 Å². The molecule has 1 unspecified atom stereocenters. The Kier molecular flexibility index (Phi) is 3.03. The van der Waals surface area contributed by atoms with E-state index in [0.717, 1.165) is 17.1 Å². The quantitative estimate of drug-likeness (QED) is 0.832. The molecule has 2 nitrogen and oxygen atoms in total. The predicted molar refractivity (Wildman–Crippen MR) is 65.6 cm³/mol. The van der Waals surface area contributed by atoms with Gasteiger partial charge in [0.25, 0.3) is 0 Å². The zero-order valence-electron chi connectivity index (χ0n) is 9.16. The lowest BCUT2D eigenvalue weighted by atomic mass is 9.94. The van der Waals surface area contributed by atoms with Crippen molar-refractivity contribution in [3.05, 3.63) is 33.8 Å². The summed E-state index contributed by atoms with van der Waals surface area (Å²) in [4.78, 5) is 5.79. The summed E-state index contributed by atoms with van der Waals surface area (Å²) in [6.07, 6.45) is 7.61. The van der Waals surface area contributed by atoms with E-state index in [2.05, 4.69) is 30.1 Å². The van der Waals surface area contributed by atoms with Crippen LogP contribution in [0.25, 0.3) is 5.57 Å². The lowest BCUT2D eigenvalue weighted by molar-refractivity contribution is 0.757. The van der Waals surface area contributed by atoms with Crippen LogP contribution < -0.4 is 5.73 Å². The SMILES string of the molecule is Cc1nc(C2=CC=CCC2C)sc1CN. The van der Waals surface area contributed by atoms with E-state index in [-0.39, 0.29) is 0 Å². The Bertz CT molecular complexity index is 415. The van der Waals surface area contributed by atoms with E-state index in [1.165, 1.54) is 10.5 Å². The number of rotatable bonds is 2.